The summed E-state index contributed by atoms with van der Waals surface area (Å²) in [5.74, 6) is 1.20. The lowest BCUT2D eigenvalue weighted by molar-refractivity contribution is -0.118. The van der Waals surface area contributed by atoms with E-state index >= 15 is 0 Å². The monoisotopic (exact) mass is 401 g/mol. The van der Waals surface area contributed by atoms with Crippen molar-refractivity contribution < 1.29 is 18.7 Å². The molecule has 0 aliphatic rings. The van der Waals surface area contributed by atoms with Gasteiger partial charge < -0.3 is 20.2 Å². The minimum absolute atomic E-state index is 0.122. The van der Waals surface area contributed by atoms with Gasteiger partial charge in [-0.3, -0.25) is 14.2 Å². The van der Waals surface area contributed by atoms with E-state index in [2.05, 4.69) is 15.5 Å². The van der Waals surface area contributed by atoms with Gasteiger partial charge in [0.1, 0.15) is 5.75 Å². The minimum Gasteiger partial charge on any atom is -0.497 e. The van der Waals surface area contributed by atoms with Crippen molar-refractivity contribution in [2.24, 2.45) is 5.73 Å². The number of methoxy groups -OCH3 is 1. The molecule has 3 aromatic rings. The molecule has 28 heavy (non-hydrogen) atoms. The number of ether oxygens (including phenoxy) is 1. The molecule has 2 heterocycles. The average Bonchev–Trinajstić information content (AvgIpc) is 3.34. The SMILES string of the molecule is COc1ccc(NC(=O)CSc2nnc(-c3ccco3)n2CCC(N)=O)cc1. The van der Waals surface area contributed by atoms with Gasteiger partial charge in [0.05, 0.1) is 19.1 Å². The number of hydrogen-bond acceptors (Lipinski definition) is 7. The number of furan rings is 1. The third kappa shape index (κ3) is 4.92. The van der Waals surface area contributed by atoms with Crippen molar-refractivity contribution in [3.8, 4) is 17.3 Å². The van der Waals surface area contributed by atoms with E-state index in [0.717, 1.165) is 0 Å². The molecule has 1 aromatic carbocycles. The summed E-state index contributed by atoms with van der Waals surface area (Å²) in [5.41, 5.74) is 5.92. The summed E-state index contributed by atoms with van der Waals surface area (Å²) in [6.45, 7) is 0.292. The van der Waals surface area contributed by atoms with Gasteiger partial charge in [0, 0.05) is 18.7 Å². The van der Waals surface area contributed by atoms with Crippen LogP contribution in [0.4, 0.5) is 5.69 Å². The van der Waals surface area contributed by atoms with Crippen molar-refractivity contribution >= 4 is 29.3 Å². The number of amides is 2. The lowest BCUT2D eigenvalue weighted by Gasteiger charge is -2.08. The zero-order valence-electron chi connectivity index (χ0n) is 15.1. The first kappa shape index (κ1) is 19.5. The van der Waals surface area contributed by atoms with E-state index in [1.165, 1.54) is 18.0 Å². The van der Waals surface area contributed by atoms with Crippen molar-refractivity contribution in [1.82, 2.24) is 14.8 Å². The maximum Gasteiger partial charge on any atom is 0.234 e. The van der Waals surface area contributed by atoms with E-state index in [-0.39, 0.29) is 18.1 Å². The number of thioether (sulfide) groups is 1. The molecule has 2 amide bonds. The van der Waals surface area contributed by atoms with Crippen LogP contribution in [0.2, 0.25) is 0 Å². The van der Waals surface area contributed by atoms with Gasteiger partial charge in [0.25, 0.3) is 0 Å². The van der Waals surface area contributed by atoms with Crippen LogP contribution in [0.3, 0.4) is 0 Å². The highest BCUT2D eigenvalue weighted by Gasteiger charge is 2.18. The Morgan fingerprint density at radius 3 is 2.68 bits per heavy atom. The minimum atomic E-state index is -0.438. The lowest BCUT2D eigenvalue weighted by Crippen LogP contribution is -2.16. The maximum atomic E-state index is 12.2. The number of primary amides is 1. The van der Waals surface area contributed by atoms with Gasteiger partial charge in [-0.2, -0.15) is 0 Å². The first-order chi connectivity index (χ1) is 13.6. The molecular formula is C18H19N5O4S. The van der Waals surface area contributed by atoms with E-state index in [0.29, 0.717) is 34.7 Å². The van der Waals surface area contributed by atoms with Crippen molar-refractivity contribution in [3.05, 3.63) is 42.7 Å². The number of nitrogens with two attached hydrogens (primary N) is 1. The molecule has 0 bridgehead atoms. The molecule has 3 rings (SSSR count). The highest BCUT2D eigenvalue weighted by Crippen LogP contribution is 2.25. The quantitative estimate of drug-likeness (QED) is 0.526. The summed E-state index contributed by atoms with van der Waals surface area (Å²) >= 11 is 1.21. The Morgan fingerprint density at radius 2 is 2.04 bits per heavy atom. The molecule has 0 unspecified atom stereocenters. The second kappa shape index (κ2) is 9.09. The Bertz CT molecular complexity index is 938. The molecule has 9 nitrogen and oxygen atoms in total. The van der Waals surface area contributed by atoms with Gasteiger partial charge in [0.15, 0.2) is 16.7 Å². The summed E-state index contributed by atoms with van der Waals surface area (Å²) < 4.78 is 12.2. The predicted octanol–water partition coefficient (Wildman–Crippen LogP) is 2.15. The number of hydrogen-bond donors (Lipinski definition) is 2. The first-order valence-corrected chi connectivity index (χ1v) is 9.37. The van der Waals surface area contributed by atoms with Crippen LogP contribution in [0, 0.1) is 0 Å². The topological polar surface area (TPSA) is 125 Å². The van der Waals surface area contributed by atoms with Gasteiger partial charge in [-0.05, 0) is 36.4 Å². The fourth-order valence-corrected chi connectivity index (χ4v) is 3.17. The third-order valence-electron chi connectivity index (χ3n) is 3.75. The van der Waals surface area contributed by atoms with Crippen LogP contribution in [0.1, 0.15) is 6.42 Å². The van der Waals surface area contributed by atoms with Gasteiger partial charge in [-0.1, -0.05) is 11.8 Å². The molecule has 0 fully saturated rings. The highest BCUT2D eigenvalue weighted by atomic mass is 32.2. The molecule has 3 N–H and O–H groups in total. The van der Waals surface area contributed by atoms with Crippen molar-refractivity contribution in [1.29, 1.82) is 0 Å². The Balaban J connectivity index is 1.67. The fourth-order valence-electron chi connectivity index (χ4n) is 2.41. The maximum absolute atomic E-state index is 12.2. The van der Waals surface area contributed by atoms with E-state index in [1.807, 2.05) is 0 Å². The normalized spacial score (nSPS) is 10.6. The number of anilines is 1. The average molecular weight is 401 g/mol. The standard InChI is InChI=1S/C18H19N5O4S/c1-26-13-6-4-12(5-7-13)20-16(25)11-28-18-22-21-17(14-3-2-10-27-14)23(18)9-8-15(19)24/h2-7,10H,8-9,11H2,1H3,(H2,19,24)(H,20,25). The smallest absolute Gasteiger partial charge is 0.234 e. The number of rotatable bonds is 9. The largest absolute Gasteiger partial charge is 0.497 e. The fraction of sp³-hybridized carbons (Fsp3) is 0.222. The number of nitrogens with one attached hydrogen (secondary N) is 1. The Kier molecular flexibility index (Phi) is 6.33. The molecule has 0 radical (unpaired) electrons. The van der Waals surface area contributed by atoms with E-state index < -0.39 is 5.91 Å². The van der Waals surface area contributed by atoms with Crippen LogP contribution in [-0.2, 0) is 16.1 Å². The van der Waals surface area contributed by atoms with Crippen LogP contribution in [0.25, 0.3) is 11.6 Å². The van der Waals surface area contributed by atoms with Crippen LogP contribution < -0.4 is 15.8 Å². The van der Waals surface area contributed by atoms with E-state index in [9.17, 15) is 9.59 Å². The highest BCUT2D eigenvalue weighted by molar-refractivity contribution is 7.99. The molecule has 0 saturated carbocycles. The third-order valence-corrected chi connectivity index (χ3v) is 4.71. The molecule has 0 saturated heterocycles. The van der Waals surface area contributed by atoms with Crippen LogP contribution >= 0.6 is 11.8 Å². The summed E-state index contributed by atoms with van der Waals surface area (Å²) in [6.07, 6.45) is 1.65. The number of carbonyl (C=O) groups excluding carboxylic acids is 2. The number of benzene rings is 1. The Morgan fingerprint density at radius 1 is 1.25 bits per heavy atom. The van der Waals surface area contributed by atoms with E-state index in [1.54, 1.807) is 48.1 Å². The Labute approximate surface area is 165 Å². The molecule has 10 heteroatoms. The van der Waals surface area contributed by atoms with Gasteiger partial charge in [-0.15, -0.1) is 10.2 Å². The summed E-state index contributed by atoms with van der Waals surface area (Å²) in [6, 6.07) is 10.5. The van der Waals surface area contributed by atoms with Crippen molar-refractivity contribution in [3.63, 3.8) is 0 Å². The van der Waals surface area contributed by atoms with Crippen LogP contribution in [0.15, 0.2) is 52.2 Å². The van der Waals surface area contributed by atoms with Crippen molar-refractivity contribution in [2.45, 2.75) is 18.1 Å². The second-order valence-corrected chi connectivity index (χ2v) is 6.66. The van der Waals surface area contributed by atoms with Crippen molar-refractivity contribution in [2.75, 3.05) is 18.2 Å². The number of aromatic nitrogens is 3. The van der Waals surface area contributed by atoms with Gasteiger partial charge >= 0.3 is 0 Å². The summed E-state index contributed by atoms with van der Waals surface area (Å²) in [7, 11) is 1.58. The molecular weight excluding hydrogens is 382 g/mol. The van der Waals surface area contributed by atoms with E-state index in [4.69, 9.17) is 14.9 Å². The molecule has 0 atom stereocenters. The molecule has 0 aliphatic heterocycles. The van der Waals surface area contributed by atoms with Crippen LogP contribution in [0.5, 0.6) is 5.75 Å². The zero-order chi connectivity index (χ0) is 19.9. The second-order valence-electron chi connectivity index (χ2n) is 5.72. The van der Waals surface area contributed by atoms with Crippen LogP contribution in [-0.4, -0.2) is 39.4 Å². The molecule has 0 aliphatic carbocycles. The number of nitrogens with zero attached hydrogens (tertiary/aromatic N) is 3. The number of carbonyl (C=O) groups is 2. The molecule has 146 valence electrons. The van der Waals surface area contributed by atoms with Gasteiger partial charge in [-0.25, -0.2) is 0 Å². The lowest BCUT2D eigenvalue weighted by atomic mass is 10.3. The molecule has 2 aromatic heterocycles. The predicted molar refractivity (Wildman–Crippen MR) is 104 cm³/mol. The zero-order valence-corrected chi connectivity index (χ0v) is 15.9. The Hall–Kier alpha value is -3.27. The summed E-state index contributed by atoms with van der Waals surface area (Å²) in [5, 5.41) is 11.5. The van der Waals surface area contributed by atoms with Gasteiger partial charge in [0.2, 0.25) is 11.8 Å². The first-order valence-electron chi connectivity index (χ1n) is 8.39. The summed E-state index contributed by atoms with van der Waals surface area (Å²) in [4.78, 5) is 23.4. The molecule has 0 spiro atoms.